The van der Waals surface area contributed by atoms with E-state index in [1.54, 1.807) is 0 Å². The van der Waals surface area contributed by atoms with Gasteiger partial charge in [0.1, 0.15) is 11.5 Å². The van der Waals surface area contributed by atoms with Crippen LogP contribution in [0.25, 0.3) is 0 Å². The third-order valence-electron chi connectivity index (χ3n) is 9.25. The fraction of sp³-hybridized carbons (Fsp3) is 0.681. The van der Waals surface area contributed by atoms with E-state index in [9.17, 15) is 0 Å². The van der Waals surface area contributed by atoms with Crippen molar-refractivity contribution in [1.82, 2.24) is 4.90 Å². The lowest BCUT2D eigenvalue weighted by molar-refractivity contribution is -0.0629. The fourth-order valence-electron chi connectivity index (χ4n) is 6.20. The first-order valence-electron chi connectivity index (χ1n) is 21.3. The summed E-state index contributed by atoms with van der Waals surface area (Å²) in [4.78, 5) is 2.14. The van der Waals surface area contributed by atoms with Crippen LogP contribution >= 0.6 is 0 Å². The molecular formula is C47H77NO4. The summed E-state index contributed by atoms with van der Waals surface area (Å²) in [6, 6.07) is 6.18. The average molecular weight is 720 g/mol. The maximum Gasteiger partial charge on any atom is 0.184 e. The van der Waals surface area contributed by atoms with Crippen LogP contribution in [0, 0.1) is 0 Å². The lowest BCUT2D eigenvalue weighted by Gasteiger charge is -2.17. The largest absolute Gasteiger partial charge is 0.493 e. The predicted octanol–water partition coefficient (Wildman–Crippen LogP) is 13.4. The molecule has 1 aromatic rings. The Labute approximate surface area is 320 Å². The normalized spacial score (nSPS) is 16.1. The van der Waals surface area contributed by atoms with E-state index >= 15 is 0 Å². The van der Waals surface area contributed by atoms with E-state index in [4.69, 9.17) is 18.9 Å². The third kappa shape index (κ3) is 25.4. The average Bonchev–Trinajstić information content (AvgIpc) is 3.60. The first-order valence-corrected chi connectivity index (χ1v) is 21.3. The molecule has 1 saturated heterocycles. The number of rotatable bonds is 33. The van der Waals surface area contributed by atoms with Crippen molar-refractivity contribution in [2.75, 3.05) is 40.5 Å². The van der Waals surface area contributed by atoms with Crippen LogP contribution in [0.5, 0.6) is 11.5 Å². The lowest BCUT2D eigenvalue weighted by Crippen LogP contribution is -2.27. The number of allylic oxidation sites excluding steroid dienone is 7. The van der Waals surface area contributed by atoms with Crippen molar-refractivity contribution in [3.8, 4) is 11.5 Å². The Bertz CT molecular complexity index is 1130. The van der Waals surface area contributed by atoms with E-state index in [0.717, 1.165) is 62.3 Å². The number of unbranched alkanes of at least 4 members (excludes halogenated alkanes) is 16. The molecule has 1 aromatic carbocycles. The van der Waals surface area contributed by atoms with Gasteiger partial charge in [-0.25, -0.2) is 0 Å². The van der Waals surface area contributed by atoms with E-state index < -0.39 is 0 Å². The van der Waals surface area contributed by atoms with Crippen LogP contribution in [0.4, 0.5) is 0 Å². The van der Waals surface area contributed by atoms with Crippen LogP contribution in [0.15, 0.2) is 72.5 Å². The van der Waals surface area contributed by atoms with Crippen molar-refractivity contribution in [3.05, 3.63) is 78.1 Å². The number of nitrogens with zero attached hydrogens (tertiary/aromatic N) is 1. The number of ether oxygens (including phenoxy) is 4. The summed E-state index contributed by atoms with van der Waals surface area (Å²) in [6.45, 7) is 7.35. The Morgan fingerprint density at radius 2 is 1.13 bits per heavy atom. The molecule has 1 fully saturated rings. The third-order valence-corrected chi connectivity index (χ3v) is 9.25. The second-order valence-electron chi connectivity index (χ2n) is 14.7. The van der Waals surface area contributed by atoms with Gasteiger partial charge < -0.3 is 23.8 Å². The summed E-state index contributed by atoms with van der Waals surface area (Å²) in [7, 11) is 4.13. The zero-order chi connectivity index (χ0) is 37.2. The molecule has 2 rings (SSSR count). The van der Waals surface area contributed by atoms with Crippen molar-refractivity contribution in [3.63, 3.8) is 0 Å². The van der Waals surface area contributed by atoms with Gasteiger partial charge in [0.15, 0.2) is 6.29 Å². The Balaban J connectivity index is 1.64. The van der Waals surface area contributed by atoms with Crippen LogP contribution in [0.1, 0.15) is 167 Å². The van der Waals surface area contributed by atoms with Gasteiger partial charge in [0.25, 0.3) is 0 Å². The zero-order valence-corrected chi connectivity index (χ0v) is 34.0. The maximum absolute atomic E-state index is 6.26. The topological polar surface area (TPSA) is 40.2 Å². The van der Waals surface area contributed by atoms with Crippen LogP contribution in [-0.2, 0) is 9.47 Å². The second-order valence-corrected chi connectivity index (χ2v) is 14.7. The maximum atomic E-state index is 6.26. The minimum absolute atomic E-state index is 0.0677. The first-order chi connectivity index (χ1) is 25.6. The monoisotopic (exact) mass is 720 g/mol. The molecule has 1 aliphatic heterocycles. The highest BCUT2D eigenvalue weighted by Gasteiger charge is 2.28. The van der Waals surface area contributed by atoms with E-state index in [2.05, 4.69) is 99.3 Å². The van der Waals surface area contributed by atoms with E-state index in [0.29, 0.717) is 13.2 Å². The van der Waals surface area contributed by atoms with Gasteiger partial charge >= 0.3 is 0 Å². The van der Waals surface area contributed by atoms with Crippen molar-refractivity contribution in [2.45, 2.75) is 167 Å². The standard InChI is InChI=1S/C47H77NO4/c1-5-7-9-11-13-15-17-19-21-23-25-27-29-31-33-35-37-50-45-39-43(47-51-42-46(52-47)41-48(3)4)38-44(40-45)49-36-34-32-30-28-26-24-22-20-18-16-14-12-10-8-6-2/h11-12,14-15,18-21,38-40,46-47H,5-10,16-17,22-37,41-42H2,1-4H3/b14-12+,20-18-,21-19-. The Kier molecular flexibility index (Phi) is 29.0. The Morgan fingerprint density at radius 1 is 0.615 bits per heavy atom. The van der Waals surface area contributed by atoms with Crippen molar-refractivity contribution in [2.24, 2.45) is 0 Å². The Hall–Kier alpha value is -2.56. The second kappa shape index (κ2) is 33.0. The van der Waals surface area contributed by atoms with Crippen molar-refractivity contribution >= 4 is 0 Å². The number of hydrogen-bond donors (Lipinski definition) is 0. The summed E-state index contributed by atoms with van der Waals surface area (Å²) in [5.74, 6) is 1.69. The zero-order valence-electron chi connectivity index (χ0n) is 34.0. The number of benzene rings is 1. The summed E-state index contributed by atoms with van der Waals surface area (Å²) >= 11 is 0. The quantitative estimate of drug-likeness (QED) is 0.0411. The Morgan fingerprint density at radius 3 is 1.71 bits per heavy atom. The van der Waals surface area contributed by atoms with Gasteiger partial charge in [0, 0.05) is 18.2 Å². The SMILES string of the molecule is CCCCC=C=CC/C=C\CCCCCCCCOc1cc(OCCCCCCCC/C=C\C/C=C/CCCC)cc(C2OCC(CN(C)C)O2)c1. The molecule has 0 bridgehead atoms. The van der Waals surface area contributed by atoms with Gasteiger partial charge in [-0.05, 0) is 109 Å². The van der Waals surface area contributed by atoms with Crippen molar-refractivity contribution in [1.29, 1.82) is 0 Å². The molecule has 0 radical (unpaired) electrons. The highest BCUT2D eigenvalue weighted by Crippen LogP contribution is 2.33. The first kappa shape index (κ1) is 45.6. The van der Waals surface area contributed by atoms with E-state index in [1.165, 1.54) is 109 Å². The minimum atomic E-state index is -0.383. The molecule has 1 aliphatic rings. The van der Waals surface area contributed by atoms with Gasteiger partial charge in [0.2, 0.25) is 0 Å². The molecule has 294 valence electrons. The molecule has 0 amide bonds. The van der Waals surface area contributed by atoms with Gasteiger partial charge in [-0.1, -0.05) is 121 Å². The van der Waals surface area contributed by atoms with Gasteiger partial charge in [-0.2, -0.15) is 0 Å². The van der Waals surface area contributed by atoms with E-state index in [-0.39, 0.29) is 12.4 Å². The lowest BCUT2D eigenvalue weighted by atomic mass is 10.1. The van der Waals surface area contributed by atoms with Crippen LogP contribution < -0.4 is 9.47 Å². The smallest absolute Gasteiger partial charge is 0.184 e. The highest BCUT2D eigenvalue weighted by molar-refractivity contribution is 5.39. The predicted molar refractivity (Wildman–Crippen MR) is 223 cm³/mol. The molecule has 5 nitrogen and oxygen atoms in total. The molecule has 0 saturated carbocycles. The van der Waals surface area contributed by atoms with Crippen LogP contribution in [0.3, 0.4) is 0 Å². The molecule has 0 aromatic heterocycles. The molecule has 2 atom stereocenters. The molecule has 0 aliphatic carbocycles. The summed E-state index contributed by atoms with van der Waals surface area (Å²) in [6.07, 6.45) is 44.6. The minimum Gasteiger partial charge on any atom is -0.493 e. The summed E-state index contributed by atoms with van der Waals surface area (Å²) in [5, 5.41) is 0. The van der Waals surface area contributed by atoms with E-state index in [1.807, 2.05) is 6.07 Å². The molecule has 5 heteroatoms. The molecule has 0 N–H and O–H groups in total. The van der Waals surface area contributed by atoms with Gasteiger partial charge in [0.05, 0.1) is 25.9 Å². The number of hydrogen-bond acceptors (Lipinski definition) is 5. The highest BCUT2D eigenvalue weighted by atomic mass is 16.7. The van der Waals surface area contributed by atoms with Gasteiger partial charge in [-0.15, -0.1) is 5.73 Å². The number of likely N-dealkylation sites (N-methyl/N-ethyl adjacent to an activating group) is 1. The summed E-state index contributed by atoms with van der Waals surface area (Å²) in [5.41, 5.74) is 4.26. The van der Waals surface area contributed by atoms with Crippen LogP contribution in [-0.4, -0.2) is 51.5 Å². The molecule has 52 heavy (non-hydrogen) atoms. The molecule has 1 heterocycles. The molecular weight excluding hydrogens is 643 g/mol. The van der Waals surface area contributed by atoms with Gasteiger partial charge in [-0.3, -0.25) is 0 Å². The molecule has 2 unspecified atom stereocenters. The summed E-state index contributed by atoms with van der Waals surface area (Å²) < 4.78 is 24.8. The molecule has 0 spiro atoms. The van der Waals surface area contributed by atoms with Crippen LogP contribution in [0.2, 0.25) is 0 Å². The fourth-order valence-corrected chi connectivity index (χ4v) is 6.20. The van der Waals surface area contributed by atoms with Crippen molar-refractivity contribution < 1.29 is 18.9 Å².